The molecule has 0 radical (unpaired) electrons. The highest BCUT2D eigenvalue weighted by Crippen LogP contribution is 2.40. The van der Waals surface area contributed by atoms with Crippen LogP contribution < -0.4 is 5.32 Å². The summed E-state index contributed by atoms with van der Waals surface area (Å²) < 4.78 is 52.3. The monoisotopic (exact) mass is 428 g/mol. The molecule has 2 amide bonds. The number of hydrogen-bond acceptors (Lipinski definition) is 1. The molecule has 0 spiro atoms. The normalized spacial score (nSPS) is 18.4. The van der Waals surface area contributed by atoms with Crippen LogP contribution in [-0.2, 0) is 6.18 Å². The Morgan fingerprint density at radius 3 is 2.16 bits per heavy atom. The molecule has 1 heterocycles. The standard InChI is InChI=1S/C24H20F4N2O/c1-15-14-30(23(31)29-19-12-10-18(25)11-13-19)22(21-5-3-2-4-20(15)21)16-6-8-17(9-7-16)24(26,27)28/h2-13,15,22H,14H2,1H3,(H,29,31)/t15-,22+/m1/s1. The van der Waals surface area contributed by atoms with Crippen molar-refractivity contribution in [3.05, 3.63) is 101 Å². The number of anilines is 1. The summed E-state index contributed by atoms with van der Waals surface area (Å²) in [5, 5.41) is 2.77. The van der Waals surface area contributed by atoms with E-state index in [0.717, 1.165) is 23.3 Å². The molecule has 3 aromatic carbocycles. The van der Waals surface area contributed by atoms with Crippen LogP contribution in [0.4, 0.5) is 28.0 Å². The van der Waals surface area contributed by atoms with Crippen molar-refractivity contribution in [2.24, 2.45) is 0 Å². The molecule has 3 aromatic rings. The van der Waals surface area contributed by atoms with Crippen molar-refractivity contribution < 1.29 is 22.4 Å². The smallest absolute Gasteiger partial charge is 0.313 e. The first-order valence-electron chi connectivity index (χ1n) is 9.83. The van der Waals surface area contributed by atoms with Crippen molar-refractivity contribution in [3.63, 3.8) is 0 Å². The van der Waals surface area contributed by atoms with Gasteiger partial charge in [0.1, 0.15) is 5.82 Å². The van der Waals surface area contributed by atoms with Crippen LogP contribution in [0.3, 0.4) is 0 Å². The number of fused-ring (bicyclic) bond motifs is 1. The lowest BCUT2D eigenvalue weighted by Gasteiger charge is -2.40. The van der Waals surface area contributed by atoms with Crippen LogP contribution in [0.25, 0.3) is 0 Å². The average Bonchev–Trinajstić information content (AvgIpc) is 2.75. The summed E-state index contributed by atoms with van der Waals surface area (Å²) in [5.41, 5.74) is 2.20. The minimum atomic E-state index is -4.43. The Hall–Kier alpha value is -3.35. The Kier molecular flexibility index (Phi) is 5.43. The highest BCUT2D eigenvalue weighted by molar-refractivity contribution is 5.90. The fourth-order valence-corrected chi connectivity index (χ4v) is 4.02. The van der Waals surface area contributed by atoms with Gasteiger partial charge in [-0.05, 0) is 59.0 Å². The Bertz CT molecular complexity index is 1080. The summed E-state index contributed by atoms with van der Waals surface area (Å²) in [5.74, 6) is -0.373. The maximum atomic E-state index is 13.2. The number of carbonyl (C=O) groups excluding carboxylic acids is 1. The highest BCUT2D eigenvalue weighted by atomic mass is 19.4. The molecule has 0 bridgehead atoms. The summed E-state index contributed by atoms with van der Waals surface area (Å²) in [6.07, 6.45) is -4.43. The Morgan fingerprint density at radius 1 is 0.935 bits per heavy atom. The molecule has 0 unspecified atom stereocenters. The Labute approximate surface area is 177 Å². The van der Waals surface area contributed by atoms with E-state index in [1.165, 1.54) is 36.4 Å². The number of amides is 2. The number of carbonyl (C=O) groups is 1. The van der Waals surface area contributed by atoms with Crippen LogP contribution in [0.1, 0.15) is 41.1 Å². The zero-order valence-corrected chi connectivity index (χ0v) is 16.7. The lowest BCUT2D eigenvalue weighted by Crippen LogP contribution is -2.44. The SMILES string of the molecule is C[C@@H]1CN(C(=O)Nc2ccc(F)cc2)[C@@H](c2ccc(C(F)(F)F)cc2)c2ccccc21. The minimum absolute atomic E-state index is 0.0425. The van der Waals surface area contributed by atoms with Crippen molar-refractivity contribution in [2.75, 3.05) is 11.9 Å². The van der Waals surface area contributed by atoms with Gasteiger partial charge in [-0.25, -0.2) is 9.18 Å². The molecule has 0 fully saturated rings. The summed E-state index contributed by atoms with van der Waals surface area (Å²) >= 11 is 0. The molecule has 0 aliphatic carbocycles. The second-order valence-corrected chi connectivity index (χ2v) is 7.64. The third-order valence-corrected chi connectivity index (χ3v) is 5.51. The lowest BCUT2D eigenvalue weighted by molar-refractivity contribution is -0.137. The number of rotatable bonds is 2. The molecule has 1 aliphatic heterocycles. The van der Waals surface area contributed by atoms with Gasteiger partial charge in [0, 0.05) is 12.2 Å². The number of halogens is 4. The first kappa shape index (κ1) is 20.9. The molecular formula is C24H20F4N2O. The summed E-state index contributed by atoms with van der Waals surface area (Å²) in [4.78, 5) is 14.8. The number of hydrogen-bond donors (Lipinski definition) is 1. The van der Waals surface area contributed by atoms with E-state index in [1.807, 2.05) is 31.2 Å². The van der Waals surface area contributed by atoms with Crippen molar-refractivity contribution in [2.45, 2.75) is 25.1 Å². The molecular weight excluding hydrogens is 408 g/mol. The molecule has 31 heavy (non-hydrogen) atoms. The quantitative estimate of drug-likeness (QED) is 0.459. The average molecular weight is 428 g/mol. The van der Waals surface area contributed by atoms with E-state index in [-0.39, 0.29) is 5.92 Å². The van der Waals surface area contributed by atoms with Gasteiger partial charge >= 0.3 is 12.2 Å². The number of alkyl halides is 3. The van der Waals surface area contributed by atoms with E-state index >= 15 is 0 Å². The van der Waals surface area contributed by atoms with E-state index in [0.29, 0.717) is 17.8 Å². The molecule has 0 saturated carbocycles. The fourth-order valence-electron chi connectivity index (χ4n) is 4.02. The van der Waals surface area contributed by atoms with Crippen molar-refractivity contribution in [1.82, 2.24) is 4.90 Å². The van der Waals surface area contributed by atoms with Crippen LogP contribution in [0.5, 0.6) is 0 Å². The van der Waals surface area contributed by atoms with Crippen LogP contribution in [0.15, 0.2) is 72.8 Å². The third-order valence-electron chi connectivity index (χ3n) is 5.51. The van der Waals surface area contributed by atoms with Gasteiger partial charge in [-0.15, -0.1) is 0 Å². The second kappa shape index (κ2) is 8.06. The van der Waals surface area contributed by atoms with Gasteiger partial charge in [0.2, 0.25) is 0 Å². The van der Waals surface area contributed by atoms with Gasteiger partial charge in [0.15, 0.2) is 0 Å². The molecule has 2 atom stereocenters. The van der Waals surface area contributed by atoms with E-state index in [1.54, 1.807) is 4.90 Å². The molecule has 160 valence electrons. The topological polar surface area (TPSA) is 32.3 Å². The van der Waals surface area contributed by atoms with Gasteiger partial charge in [0.25, 0.3) is 0 Å². The molecule has 0 saturated heterocycles. The van der Waals surface area contributed by atoms with Crippen LogP contribution in [0, 0.1) is 5.82 Å². The highest BCUT2D eigenvalue weighted by Gasteiger charge is 2.36. The van der Waals surface area contributed by atoms with Crippen molar-refractivity contribution >= 4 is 11.7 Å². The molecule has 4 rings (SSSR count). The largest absolute Gasteiger partial charge is 0.416 e. The molecule has 1 N–H and O–H groups in total. The van der Waals surface area contributed by atoms with E-state index in [9.17, 15) is 22.4 Å². The molecule has 0 aromatic heterocycles. The van der Waals surface area contributed by atoms with Gasteiger partial charge in [-0.2, -0.15) is 13.2 Å². The second-order valence-electron chi connectivity index (χ2n) is 7.64. The zero-order chi connectivity index (χ0) is 22.2. The number of urea groups is 1. The Morgan fingerprint density at radius 2 is 1.55 bits per heavy atom. The van der Waals surface area contributed by atoms with Crippen molar-refractivity contribution in [1.29, 1.82) is 0 Å². The zero-order valence-electron chi connectivity index (χ0n) is 16.7. The van der Waals surface area contributed by atoms with Gasteiger partial charge in [-0.3, -0.25) is 0 Å². The maximum absolute atomic E-state index is 13.2. The minimum Gasteiger partial charge on any atom is -0.313 e. The van der Waals surface area contributed by atoms with Crippen LogP contribution in [-0.4, -0.2) is 17.5 Å². The van der Waals surface area contributed by atoms with Crippen LogP contribution >= 0.6 is 0 Å². The van der Waals surface area contributed by atoms with E-state index < -0.39 is 29.6 Å². The van der Waals surface area contributed by atoms with Gasteiger partial charge in [0.05, 0.1) is 11.6 Å². The molecule has 7 heteroatoms. The third kappa shape index (κ3) is 4.26. The summed E-state index contributed by atoms with van der Waals surface area (Å²) in [6.45, 7) is 2.38. The molecule has 1 aliphatic rings. The first-order valence-corrected chi connectivity index (χ1v) is 9.83. The Balaban J connectivity index is 1.72. The number of benzene rings is 3. The van der Waals surface area contributed by atoms with Gasteiger partial charge in [-0.1, -0.05) is 43.3 Å². The van der Waals surface area contributed by atoms with E-state index in [2.05, 4.69) is 5.32 Å². The van der Waals surface area contributed by atoms with Crippen molar-refractivity contribution in [3.8, 4) is 0 Å². The summed E-state index contributed by atoms with van der Waals surface area (Å²) in [7, 11) is 0. The molecule has 3 nitrogen and oxygen atoms in total. The fraction of sp³-hybridized carbons (Fsp3) is 0.208. The van der Waals surface area contributed by atoms with Crippen LogP contribution in [0.2, 0.25) is 0 Å². The van der Waals surface area contributed by atoms with Gasteiger partial charge < -0.3 is 10.2 Å². The predicted octanol–water partition coefficient (Wildman–Crippen LogP) is 6.59. The predicted molar refractivity (Wildman–Crippen MR) is 110 cm³/mol. The first-order chi connectivity index (χ1) is 14.7. The summed E-state index contributed by atoms with van der Waals surface area (Å²) in [6, 6.07) is 17.0. The number of nitrogens with zero attached hydrogens (tertiary/aromatic N) is 1. The maximum Gasteiger partial charge on any atom is 0.416 e. The van der Waals surface area contributed by atoms with E-state index in [4.69, 9.17) is 0 Å². The lowest BCUT2D eigenvalue weighted by atomic mass is 9.83. The number of nitrogens with one attached hydrogen (secondary N) is 1.